The Hall–Kier alpha value is -1.63. The van der Waals surface area contributed by atoms with Gasteiger partial charge >= 0.3 is 5.97 Å². The second kappa shape index (κ2) is 7.72. The Labute approximate surface area is 166 Å². The van der Waals surface area contributed by atoms with Gasteiger partial charge in [0.1, 0.15) is 5.75 Å². The summed E-state index contributed by atoms with van der Waals surface area (Å²) < 4.78 is 12.3. The topological polar surface area (TPSA) is 47.9 Å². The number of halogens is 3. The van der Waals surface area contributed by atoms with Gasteiger partial charge in [-0.25, -0.2) is 9.79 Å². The number of benzene rings is 2. The van der Waals surface area contributed by atoms with Crippen molar-refractivity contribution >= 4 is 61.4 Å². The molecule has 25 heavy (non-hydrogen) atoms. The molecule has 1 aliphatic heterocycles. The molecule has 0 N–H and O–H groups in total. The molecule has 2 aromatic rings. The molecular formula is C18H12Br2ClNO3. The molecule has 1 heterocycles. The van der Waals surface area contributed by atoms with Crippen molar-refractivity contribution in [2.75, 3.05) is 6.61 Å². The van der Waals surface area contributed by atoms with E-state index in [1.807, 2.05) is 19.1 Å². The molecule has 128 valence electrons. The minimum absolute atomic E-state index is 0.200. The Kier molecular flexibility index (Phi) is 5.61. The van der Waals surface area contributed by atoms with Crippen LogP contribution in [0.2, 0.25) is 5.02 Å². The molecule has 0 bridgehead atoms. The van der Waals surface area contributed by atoms with Gasteiger partial charge in [0.25, 0.3) is 0 Å². The van der Waals surface area contributed by atoms with Crippen molar-refractivity contribution in [2.45, 2.75) is 6.92 Å². The van der Waals surface area contributed by atoms with Gasteiger partial charge < -0.3 is 9.47 Å². The molecule has 1 aliphatic rings. The third-order valence-corrected chi connectivity index (χ3v) is 4.85. The Morgan fingerprint density at radius 1 is 1.24 bits per heavy atom. The summed E-state index contributed by atoms with van der Waals surface area (Å²) in [6.45, 7) is 2.46. The molecule has 0 unspecified atom stereocenters. The van der Waals surface area contributed by atoms with Crippen LogP contribution in [0.4, 0.5) is 0 Å². The minimum atomic E-state index is -0.518. The van der Waals surface area contributed by atoms with Gasteiger partial charge in [0.15, 0.2) is 5.70 Å². The molecule has 0 spiro atoms. The Morgan fingerprint density at radius 3 is 2.56 bits per heavy atom. The summed E-state index contributed by atoms with van der Waals surface area (Å²) in [4.78, 5) is 16.4. The fourth-order valence-corrected chi connectivity index (χ4v) is 3.93. The van der Waals surface area contributed by atoms with Crippen LogP contribution in [0.5, 0.6) is 5.75 Å². The molecule has 3 rings (SSSR count). The van der Waals surface area contributed by atoms with Crippen LogP contribution in [-0.2, 0) is 9.53 Å². The first kappa shape index (κ1) is 18.2. The highest BCUT2D eigenvalue weighted by Gasteiger charge is 2.25. The normalized spacial score (nSPS) is 15.3. The van der Waals surface area contributed by atoms with Crippen LogP contribution >= 0.6 is 43.5 Å². The number of esters is 1. The fourth-order valence-electron chi connectivity index (χ4n) is 2.26. The SMILES string of the molecule is CCOc1c(Br)cc(/C=C2\N=C(c3ccccc3Cl)OC2=O)cc1Br. The number of ether oxygens (including phenoxy) is 2. The number of hydrogen-bond acceptors (Lipinski definition) is 4. The van der Waals surface area contributed by atoms with Crippen molar-refractivity contribution in [1.82, 2.24) is 0 Å². The summed E-state index contributed by atoms with van der Waals surface area (Å²) >= 11 is 13.1. The van der Waals surface area contributed by atoms with Gasteiger partial charge in [0, 0.05) is 0 Å². The van der Waals surface area contributed by atoms with Gasteiger partial charge in [0.2, 0.25) is 5.90 Å². The lowest BCUT2D eigenvalue weighted by molar-refractivity contribution is -0.129. The summed E-state index contributed by atoms with van der Waals surface area (Å²) in [5.41, 5.74) is 1.56. The zero-order valence-electron chi connectivity index (χ0n) is 13.1. The van der Waals surface area contributed by atoms with Crippen LogP contribution in [-0.4, -0.2) is 18.5 Å². The third-order valence-electron chi connectivity index (χ3n) is 3.34. The summed E-state index contributed by atoms with van der Waals surface area (Å²) in [5, 5.41) is 0.474. The first-order valence-corrected chi connectivity index (χ1v) is 9.35. The first-order chi connectivity index (χ1) is 12.0. The van der Waals surface area contributed by atoms with Gasteiger partial charge in [-0.15, -0.1) is 0 Å². The Morgan fingerprint density at radius 2 is 1.92 bits per heavy atom. The Bertz CT molecular complexity index is 886. The summed E-state index contributed by atoms with van der Waals surface area (Å²) in [6.07, 6.45) is 1.65. The van der Waals surface area contributed by atoms with E-state index in [1.54, 1.807) is 30.3 Å². The van der Waals surface area contributed by atoms with E-state index in [-0.39, 0.29) is 11.6 Å². The van der Waals surface area contributed by atoms with E-state index >= 15 is 0 Å². The molecule has 0 saturated carbocycles. The highest BCUT2D eigenvalue weighted by Crippen LogP contribution is 2.35. The predicted molar refractivity (Wildman–Crippen MR) is 105 cm³/mol. The molecule has 4 nitrogen and oxygen atoms in total. The highest BCUT2D eigenvalue weighted by atomic mass is 79.9. The van der Waals surface area contributed by atoms with Crippen molar-refractivity contribution in [2.24, 2.45) is 4.99 Å². The summed E-state index contributed by atoms with van der Waals surface area (Å²) in [5.74, 6) is 0.390. The molecular weight excluding hydrogens is 473 g/mol. The van der Waals surface area contributed by atoms with Gasteiger partial charge in [-0.1, -0.05) is 23.7 Å². The number of aliphatic imine (C=N–C) groups is 1. The lowest BCUT2D eigenvalue weighted by Crippen LogP contribution is -2.05. The molecule has 7 heteroatoms. The van der Waals surface area contributed by atoms with E-state index in [0.717, 1.165) is 14.5 Å². The van der Waals surface area contributed by atoms with Gasteiger partial charge in [-0.2, -0.15) is 0 Å². The maximum Gasteiger partial charge on any atom is 0.363 e. The van der Waals surface area contributed by atoms with E-state index in [0.29, 0.717) is 22.9 Å². The predicted octanol–water partition coefficient (Wildman–Crippen LogP) is 5.61. The van der Waals surface area contributed by atoms with Crippen LogP contribution in [0, 0.1) is 0 Å². The lowest BCUT2D eigenvalue weighted by Gasteiger charge is -2.09. The number of cyclic esters (lactones) is 1. The van der Waals surface area contributed by atoms with Crippen LogP contribution in [0.3, 0.4) is 0 Å². The molecule has 0 amide bonds. The summed E-state index contributed by atoms with van der Waals surface area (Å²) in [7, 11) is 0. The lowest BCUT2D eigenvalue weighted by atomic mass is 10.2. The molecule has 2 aromatic carbocycles. The molecule has 0 fully saturated rings. The number of rotatable bonds is 4. The largest absolute Gasteiger partial charge is 0.492 e. The fraction of sp³-hybridized carbons (Fsp3) is 0.111. The van der Waals surface area contributed by atoms with E-state index in [1.165, 1.54) is 0 Å². The molecule has 0 aliphatic carbocycles. The number of nitrogens with zero attached hydrogens (tertiary/aromatic N) is 1. The van der Waals surface area contributed by atoms with Crippen LogP contribution in [0.1, 0.15) is 18.1 Å². The summed E-state index contributed by atoms with van der Waals surface area (Å²) in [6, 6.07) is 10.8. The van der Waals surface area contributed by atoms with Crippen LogP contribution in [0.15, 0.2) is 56.0 Å². The van der Waals surface area contributed by atoms with Crippen molar-refractivity contribution in [3.8, 4) is 5.75 Å². The number of carbonyl (C=O) groups is 1. The number of carbonyl (C=O) groups excluding carboxylic acids is 1. The van der Waals surface area contributed by atoms with Gasteiger partial charge in [-0.05, 0) is 74.7 Å². The average Bonchev–Trinajstić information content (AvgIpc) is 2.92. The van der Waals surface area contributed by atoms with E-state index in [9.17, 15) is 4.79 Å². The van der Waals surface area contributed by atoms with E-state index in [4.69, 9.17) is 21.1 Å². The zero-order valence-corrected chi connectivity index (χ0v) is 17.0. The average molecular weight is 486 g/mol. The monoisotopic (exact) mass is 483 g/mol. The minimum Gasteiger partial charge on any atom is -0.492 e. The van der Waals surface area contributed by atoms with E-state index < -0.39 is 5.97 Å². The quantitative estimate of drug-likeness (QED) is 0.418. The van der Waals surface area contributed by atoms with Crippen molar-refractivity contribution in [3.63, 3.8) is 0 Å². The van der Waals surface area contributed by atoms with Gasteiger partial charge in [0.05, 0.1) is 26.1 Å². The number of hydrogen-bond donors (Lipinski definition) is 0. The van der Waals surface area contributed by atoms with Crippen molar-refractivity contribution in [1.29, 1.82) is 0 Å². The Balaban J connectivity index is 1.96. The second-order valence-electron chi connectivity index (χ2n) is 5.06. The standard InChI is InChI=1S/C18H12Br2ClNO3/c1-2-24-16-12(19)7-10(8-13(16)20)9-15-18(23)25-17(22-15)11-5-3-4-6-14(11)21/h3-9H,2H2,1H3/b15-9-. The maximum absolute atomic E-state index is 12.1. The maximum atomic E-state index is 12.1. The smallest absolute Gasteiger partial charge is 0.363 e. The molecule has 0 saturated heterocycles. The highest BCUT2D eigenvalue weighted by molar-refractivity contribution is 9.11. The van der Waals surface area contributed by atoms with Crippen molar-refractivity contribution < 1.29 is 14.3 Å². The van der Waals surface area contributed by atoms with Crippen LogP contribution in [0.25, 0.3) is 6.08 Å². The third kappa shape index (κ3) is 3.97. The molecule has 0 aromatic heterocycles. The van der Waals surface area contributed by atoms with E-state index in [2.05, 4.69) is 36.9 Å². The molecule has 0 radical (unpaired) electrons. The molecule has 0 atom stereocenters. The second-order valence-corrected chi connectivity index (χ2v) is 7.18. The van der Waals surface area contributed by atoms with Gasteiger partial charge in [-0.3, -0.25) is 0 Å². The first-order valence-electron chi connectivity index (χ1n) is 7.39. The van der Waals surface area contributed by atoms with Crippen molar-refractivity contribution in [3.05, 3.63) is 67.2 Å². The van der Waals surface area contributed by atoms with Crippen LogP contribution < -0.4 is 4.74 Å². The zero-order chi connectivity index (χ0) is 18.0.